The van der Waals surface area contributed by atoms with Crippen LogP contribution < -0.4 is 5.73 Å². The van der Waals surface area contributed by atoms with Crippen molar-refractivity contribution in [1.82, 2.24) is 4.90 Å². The third-order valence-corrected chi connectivity index (χ3v) is 5.90. The number of rotatable bonds is 8. The molecule has 0 bridgehead atoms. The standard InChI is InChI=1S/C14H30N2O2S/c1-3-10-16(11-5-12-19(17,18)4-2)14-8-6-13(15)7-9-14/h13-14H,3-12,15H2,1-2H3. The minimum atomic E-state index is -2.82. The molecule has 0 aromatic heterocycles. The summed E-state index contributed by atoms with van der Waals surface area (Å²) < 4.78 is 23.0. The second kappa shape index (κ2) is 8.22. The van der Waals surface area contributed by atoms with Gasteiger partial charge >= 0.3 is 0 Å². The van der Waals surface area contributed by atoms with Gasteiger partial charge in [-0.05, 0) is 51.6 Å². The highest BCUT2D eigenvalue weighted by Crippen LogP contribution is 2.22. The molecule has 0 saturated heterocycles. The van der Waals surface area contributed by atoms with Crippen molar-refractivity contribution < 1.29 is 8.42 Å². The van der Waals surface area contributed by atoms with E-state index in [1.165, 1.54) is 12.8 Å². The van der Waals surface area contributed by atoms with Crippen LogP contribution in [0.1, 0.15) is 52.4 Å². The molecule has 0 amide bonds. The Morgan fingerprint density at radius 2 is 1.74 bits per heavy atom. The van der Waals surface area contributed by atoms with Crippen LogP contribution in [-0.2, 0) is 9.84 Å². The Hall–Kier alpha value is -0.130. The normalized spacial score (nSPS) is 24.8. The molecule has 0 unspecified atom stereocenters. The number of nitrogens with zero attached hydrogens (tertiary/aromatic N) is 1. The Kier molecular flexibility index (Phi) is 7.32. The summed E-state index contributed by atoms with van der Waals surface area (Å²) in [6.45, 7) is 5.89. The van der Waals surface area contributed by atoms with E-state index in [2.05, 4.69) is 11.8 Å². The minimum Gasteiger partial charge on any atom is -0.328 e. The van der Waals surface area contributed by atoms with Gasteiger partial charge in [-0.1, -0.05) is 13.8 Å². The van der Waals surface area contributed by atoms with Gasteiger partial charge in [0.15, 0.2) is 0 Å². The fraction of sp³-hybridized carbons (Fsp3) is 1.00. The molecule has 0 aliphatic heterocycles. The van der Waals surface area contributed by atoms with Crippen LogP contribution in [0.4, 0.5) is 0 Å². The SMILES string of the molecule is CCCN(CCCS(=O)(=O)CC)C1CCC(N)CC1. The van der Waals surface area contributed by atoms with Gasteiger partial charge in [-0.15, -0.1) is 0 Å². The molecule has 0 aromatic rings. The first-order chi connectivity index (χ1) is 8.98. The number of nitrogens with two attached hydrogens (primary N) is 1. The van der Waals surface area contributed by atoms with Crippen molar-refractivity contribution in [3.63, 3.8) is 0 Å². The van der Waals surface area contributed by atoms with Crippen LogP contribution >= 0.6 is 0 Å². The Balaban J connectivity index is 2.40. The first-order valence-corrected chi connectivity index (χ1v) is 9.50. The lowest BCUT2D eigenvalue weighted by molar-refractivity contribution is 0.150. The summed E-state index contributed by atoms with van der Waals surface area (Å²) >= 11 is 0. The highest BCUT2D eigenvalue weighted by Gasteiger charge is 2.23. The van der Waals surface area contributed by atoms with Crippen LogP contribution in [-0.4, -0.2) is 50.0 Å². The number of hydrogen-bond acceptors (Lipinski definition) is 4. The monoisotopic (exact) mass is 290 g/mol. The van der Waals surface area contributed by atoms with Gasteiger partial charge in [-0.2, -0.15) is 0 Å². The summed E-state index contributed by atoms with van der Waals surface area (Å²) in [5, 5.41) is 0. The molecule has 5 heteroatoms. The Bertz CT molecular complexity index is 335. The summed E-state index contributed by atoms with van der Waals surface area (Å²) in [7, 11) is -2.82. The van der Waals surface area contributed by atoms with E-state index in [9.17, 15) is 8.42 Å². The lowest BCUT2D eigenvalue weighted by atomic mass is 9.90. The molecule has 0 atom stereocenters. The molecule has 4 nitrogen and oxygen atoms in total. The lowest BCUT2D eigenvalue weighted by Crippen LogP contribution is -2.42. The van der Waals surface area contributed by atoms with Crippen molar-refractivity contribution >= 4 is 9.84 Å². The zero-order valence-corrected chi connectivity index (χ0v) is 13.3. The highest BCUT2D eigenvalue weighted by atomic mass is 32.2. The molecule has 1 saturated carbocycles. The fourth-order valence-electron chi connectivity index (χ4n) is 2.86. The summed E-state index contributed by atoms with van der Waals surface area (Å²) in [5.41, 5.74) is 5.95. The van der Waals surface area contributed by atoms with Crippen LogP contribution in [0.5, 0.6) is 0 Å². The van der Waals surface area contributed by atoms with Crippen LogP contribution in [0.25, 0.3) is 0 Å². The van der Waals surface area contributed by atoms with Crippen LogP contribution in [0.3, 0.4) is 0 Å². The minimum absolute atomic E-state index is 0.263. The second-order valence-corrected chi connectivity index (χ2v) is 8.17. The predicted molar refractivity (Wildman–Crippen MR) is 81.0 cm³/mol. The number of sulfone groups is 1. The zero-order valence-electron chi connectivity index (χ0n) is 12.5. The first-order valence-electron chi connectivity index (χ1n) is 7.68. The Morgan fingerprint density at radius 3 is 2.26 bits per heavy atom. The zero-order chi connectivity index (χ0) is 14.3. The molecule has 1 aliphatic rings. The predicted octanol–water partition coefficient (Wildman–Crippen LogP) is 1.79. The van der Waals surface area contributed by atoms with E-state index in [0.717, 1.165) is 38.8 Å². The van der Waals surface area contributed by atoms with Crippen molar-refractivity contribution in [2.45, 2.75) is 64.5 Å². The molecule has 114 valence electrons. The molecule has 0 aromatic carbocycles. The van der Waals surface area contributed by atoms with Crippen molar-refractivity contribution in [2.24, 2.45) is 5.73 Å². The Labute approximate surface area is 118 Å². The van der Waals surface area contributed by atoms with Gasteiger partial charge in [-0.3, -0.25) is 0 Å². The molecule has 0 spiro atoms. The summed E-state index contributed by atoms with van der Waals surface area (Å²) in [5.74, 6) is 0.592. The van der Waals surface area contributed by atoms with E-state index in [1.54, 1.807) is 6.92 Å². The van der Waals surface area contributed by atoms with Gasteiger partial charge in [0.2, 0.25) is 0 Å². The van der Waals surface area contributed by atoms with Crippen LogP contribution in [0, 0.1) is 0 Å². The maximum atomic E-state index is 11.5. The third-order valence-electron chi connectivity index (χ3n) is 4.11. The molecule has 1 aliphatic carbocycles. The molecular weight excluding hydrogens is 260 g/mol. The maximum absolute atomic E-state index is 11.5. The molecule has 0 radical (unpaired) electrons. The average Bonchev–Trinajstić information content (AvgIpc) is 2.39. The van der Waals surface area contributed by atoms with Crippen LogP contribution in [0.2, 0.25) is 0 Å². The summed E-state index contributed by atoms with van der Waals surface area (Å²) in [6, 6.07) is 0.990. The van der Waals surface area contributed by atoms with Gasteiger partial charge in [-0.25, -0.2) is 8.42 Å². The smallest absolute Gasteiger partial charge is 0.150 e. The molecule has 2 N–H and O–H groups in total. The molecule has 0 heterocycles. The van der Waals surface area contributed by atoms with Gasteiger partial charge in [0, 0.05) is 17.8 Å². The summed E-state index contributed by atoms with van der Waals surface area (Å²) in [4.78, 5) is 2.48. The molecule has 19 heavy (non-hydrogen) atoms. The average molecular weight is 290 g/mol. The topological polar surface area (TPSA) is 63.4 Å². The first kappa shape index (κ1) is 16.9. The van der Waals surface area contributed by atoms with Crippen molar-refractivity contribution in [3.05, 3.63) is 0 Å². The van der Waals surface area contributed by atoms with E-state index in [-0.39, 0.29) is 5.75 Å². The Morgan fingerprint density at radius 1 is 1.11 bits per heavy atom. The summed E-state index contributed by atoms with van der Waals surface area (Å²) in [6.07, 6.45) is 6.45. The number of hydrogen-bond donors (Lipinski definition) is 1. The second-order valence-electron chi connectivity index (χ2n) is 5.69. The van der Waals surface area contributed by atoms with Crippen molar-refractivity contribution in [1.29, 1.82) is 0 Å². The van der Waals surface area contributed by atoms with E-state index in [4.69, 9.17) is 5.73 Å². The van der Waals surface area contributed by atoms with Gasteiger partial charge in [0.1, 0.15) is 9.84 Å². The highest BCUT2D eigenvalue weighted by molar-refractivity contribution is 7.91. The fourth-order valence-corrected chi connectivity index (χ4v) is 3.72. The lowest BCUT2D eigenvalue weighted by Gasteiger charge is -2.36. The van der Waals surface area contributed by atoms with Crippen molar-refractivity contribution in [3.8, 4) is 0 Å². The maximum Gasteiger partial charge on any atom is 0.150 e. The van der Waals surface area contributed by atoms with E-state index in [0.29, 0.717) is 17.8 Å². The quantitative estimate of drug-likeness (QED) is 0.740. The largest absolute Gasteiger partial charge is 0.328 e. The van der Waals surface area contributed by atoms with E-state index < -0.39 is 9.84 Å². The molecule has 1 rings (SSSR count). The van der Waals surface area contributed by atoms with Gasteiger partial charge in [0.25, 0.3) is 0 Å². The van der Waals surface area contributed by atoms with Gasteiger partial charge < -0.3 is 10.6 Å². The van der Waals surface area contributed by atoms with Gasteiger partial charge in [0.05, 0.1) is 5.75 Å². The third kappa shape index (κ3) is 6.23. The molecular formula is C14H30N2O2S. The van der Waals surface area contributed by atoms with Crippen LogP contribution in [0.15, 0.2) is 0 Å². The van der Waals surface area contributed by atoms with Crippen molar-refractivity contribution in [2.75, 3.05) is 24.6 Å². The van der Waals surface area contributed by atoms with E-state index >= 15 is 0 Å². The van der Waals surface area contributed by atoms with E-state index in [1.807, 2.05) is 0 Å². The molecule has 1 fully saturated rings.